The molecular formula is C13H15NO. The summed E-state index contributed by atoms with van der Waals surface area (Å²) in [7, 11) is 0. The van der Waals surface area contributed by atoms with E-state index < -0.39 is 0 Å². The van der Waals surface area contributed by atoms with Gasteiger partial charge < -0.3 is 4.74 Å². The second-order valence-electron chi connectivity index (χ2n) is 4.09. The molecule has 0 atom stereocenters. The molecule has 0 aliphatic heterocycles. The van der Waals surface area contributed by atoms with Gasteiger partial charge in [-0.2, -0.15) is 5.26 Å². The molecule has 1 aliphatic rings. The standard InChI is InChI=1S/C13H15NO/c14-9-8-11-4-6-13(7-5-11)15-10-12-2-1-3-12/h4-7,12H,1-3,8,10H2. The summed E-state index contributed by atoms with van der Waals surface area (Å²) in [6.45, 7) is 0.845. The highest BCUT2D eigenvalue weighted by molar-refractivity contribution is 5.28. The quantitative estimate of drug-likeness (QED) is 0.750. The van der Waals surface area contributed by atoms with E-state index in [0.29, 0.717) is 6.42 Å². The van der Waals surface area contributed by atoms with Gasteiger partial charge in [0.25, 0.3) is 0 Å². The third-order valence-electron chi connectivity index (χ3n) is 2.92. The summed E-state index contributed by atoms with van der Waals surface area (Å²) in [6, 6.07) is 9.95. The molecule has 1 saturated carbocycles. The molecule has 1 aromatic carbocycles. The van der Waals surface area contributed by atoms with Crippen LogP contribution in [-0.2, 0) is 6.42 Å². The average Bonchev–Trinajstić information content (AvgIpc) is 2.19. The highest BCUT2D eigenvalue weighted by Crippen LogP contribution is 2.27. The van der Waals surface area contributed by atoms with Gasteiger partial charge in [0.1, 0.15) is 5.75 Å². The molecule has 0 unspecified atom stereocenters. The number of nitriles is 1. The third kappa shape index (κ3) is 2.73. The van der Waals surface area contributed by atoms with Crippen LogP contribution >= 0.6 is 0 Å². The average molecular weight is 201 g/mol. The van der Waals surface area contributed by atoms with Crippen LogP contribution in [-0.4, -0.2) is 6.61 Å². The van der Waals surface area contributed by atoms with E-state index in [2.05, 4.69) is 6.07 Å². The van der Waals surface area contributed by atoms with Crippen molar-refractivity contribution >= 4 is 0 Å². The van der Waals surface area contributed by atoms with Crippen molar-refractivity contribution in [1.82, 2.24) is 0 Å². The van der Waals surface area contributed by atoms with Crippen LogP contribution in [0.1, 0.15) is 24.8 Å². The monoisotopic (exact) mass is 201 g/mol. The van der Waals surface area contributed by atoms with Crippen molar-refractivity contribution in [1.29, 1.82) is 5.26 Å². The zero-order valence-electron chi connectivity index (χ0n) is 8.78. The second kappa shape index (κ2) is 4.84. The molecule has 2 nitrogen and oxygen atoms in total. The smallest absolute Gasteiger partial charge is 0.119 e. The van der Waals surface area contributed by atoms with Crippen LogP contribution in [0.15, 0.2) is 24.3 Å². The topological polar surface area (TPSA) is 33.0 Å². The second-order valence-corrected chi connectivity index (χ2v) is 4.09. The first-order chi connectivity index (χ1) is 7.38. The van der Waals surface area contributed by atoms with Crippen LogP contribution in [0.4, 0.5) is 0 Å². The van der Waals surface area contributed by atoms with Crippen molar-refractivity contribution < 1.29 is 4.74 Å². The summed E-state index contributed by atoms with van der Waals surface area (Å²) in [4.78, 5) is 0. The van der Waals surface area contributed by atoms with Gasteiger partial charge in [-0.1, -0.05) is 18.6 Å². The van der Waals surface area contributed by atoms with E-state index in [0.717, 1.165) is 23.8 Å². The lowest BCUT2D eigenvalue weighted by atomic mass is 9.86. The minimum Gasteiger partial charge on any atom is -0.493 e. The molecule has 1 aliphatic carbocycles. The van der Waals surface area contributed by atoms with Gasteiger partial charge in [-0.05, 0) is 36.5 Å². The maximum absolute atomic E-state index is 8.52. The first kappa shape index (κ1) is 10.0. The van der Waals surface area contributed by atoms with Gasteiger partial charge in [0.15, 0.2) is 0 Å². The van der Waals surface area contributed by atoms with Crippen LogP contribution in [0.2, 0.25) is 0 Å². The van der Waals surface area contributed by atoms with E-state index in [4.69, 9.17) is 10.00 Å². The summed E-state index contributed by atoms with van der Waals surface area (Å²) in [5.74, 6) is 1.69. The zero-order valence-corrected chi connectivity index (χ0v) is 8.78. The highest BCUT2D eigenvalue weighted by Gasteiger charge is 2.17. The highest BCUT2D eigenvalue weighted by atomic mass is 16.5. The first-order valence-electron chi connectivity index (χ1n) is 5.47. The van der Waals surface area contributed by atoms with Crippen molar-refractivity contribution in [2.45, 2.75) is 25.7 Å². The maximum atomic E-state index is 8.52. The van der Waals surface area contributed by atoms with Gasteiger partial charge in [0.05, 0.1) is 19.1 Å². The Hall–Kier alpha value is -1.49. The lowest BCUT2D eigenvalue weighted by Gasteiger charge is -2.25. The minimum atomic E-state index is 0.475. The Morgan fingerprint density at radius 2 is 2.00 bits per heavy atom. The van der Waals surface area contributed by atoms with Crippen LogP contribution in [0.5, 0.6) is 5.75 Å². The molecule has 0 radical (unpaired) electrons. The summed E-state index contributed by atoms with van der Waals surface area (Å²) >= 11 is 0. The fraction of sp³-hybridized carbons (Fsp3) is 0.462. The lowest BCUT2D eigenvalue weighted by Crippen LogP contribution is -2.19. The minimum absolute atomic E-state index is 0.475. The van der Waals surface area contributed by atoms with Gasteiger partial charge in [-0.3, -0.25) is 0 Å². The Morgan fingerprint density at radius 1 is 1.27 bits per heavy atom. The van der Waals surface area contributed by atoms with E-state index in [1.54, 1.807) is 0 Å². The molecule has 0 amide bonds. The molecule has 2 rings (SSSR count). The van der Waals surface area contributed by atoms with Gasteiger partial charge in [-0.15, -0.1) is 0 Å². The molecule has 1 fully saturated rings. The Labute approximate surface area is 90.5 Å². The largest absolute Gasteiger partial charge is 0.493 e. The summed E-state index contributed by atoms with van der Waals surface area (Å²) < 4.78 is 5.66. The van der Waals surface area contributed by atoms with Crippen molar-refractivity contribution in [2.75, 3.05) is 6.61 Å². The van der Waals surface area contributed by atoms with E-state index in [1.807, 2.05) is 24.3 Å². The molecule has 78 valence electrons. The Bertz CT molecular complexity index is 346. The van der Waals surface area contributed by atoms with E-state index in [-0.39, 0.29) is 0 Å². The van der Waals surface area contributed by atoms with Crippen LogP contribution < -0.4 is 4.74 Å². The van der Waals surface area contributed by atoms with E-state index in [9.17, 15) is 0 Å². The fourth-order valence-electron chi connectivity index (χ4n) is 1.67. The van der Waals surface area contributed by atoms with Crippen molar-refractivity contribution in [3.05, 3.63) is 29.8 Å². The van der Waals surface area contributed by atoms with Crippen LogP contribution in [0.3, 0.4) is 0 Å². The predicted molar refractivity (Wildman–Crippen MR) is 58.6 cm³/mol. The van der Waals surface area contributed by atoms with Gasteiger partial charge in [-0.25, -0.2) is 0 Å². The van der Waals surface area contributed by atoms with Gasteiger partial charge in [0.2, 0.25) is 0 Å². The molecule has 0 N–H and O–H groups in total. The van der Waals surface area contributed by atoms with Gasteiger partial charge in [0, 0.05) is 0 Å². The zero-order chi connectivity index (χ0) is 10.5. The number of rotatable bonds is 4. The Kier molecular flexibility index (Phi) is 3.24. The molecule has 0 bridgehead atoms. The van der Waals surface area contributed by atoms with Crippen LogP contribution in [0, 0.1) is 17.2 Å². The molecule has 0 aromatic heterocycles. The fourth-order valence-corrected chi connectivity index (χ4v) is 1.67. The van der Waals surface area contributed by atoms with Crippen LogP contribution in [0.25, 0.3) is 0 Å². The van der Waals surface area contributed by atoms with Gasteiger partial charge >= 0.3 is 0 Å². The molecule has 2 heteroatoms. The van der Waals surface area contributed by atoms with Crippen molar-refractivity contribution in [3.8, 4) is 11.8 Å². The van der Waals surface area contributed by atoms with Crippen molar-refractivity contribution in [3.63, 3.8) is 0 Å². The molecule has 1 aromatic rings. The number of nitrogens with zero attached hydrogens (tertiary/aromatic N) is 1. The third-order valence-corrected chi connectivity index (χ3v) is 2.92. The number of ether oxygens (including phenoxy) is 1. The number of hydrogen-bond donors (Lipinski definition) is 0. The number of hydrogen-bond acceptors (Lipinski definition) is 2. The normalized spacial score (nSPS) is 15.4. The van der Waals surface area contributed by atoms with E-state index >= 15 is 0 Å². The molecule has 0 spiro atoms. The summed E-state index contributed by atoms with van der Waals surface area (Å²) in [5, 5.41) is 8.52. The SMILES string of the molecule is N#CCc1ccc(OCC2CCC2)cc1. The van der Waals surface area contributed by atoms with E-state index in [1.165, 1.54) is 19.3 Å². The predicted octanol–water partition coefficient (Wildman–Crippen LogP) is 2.93. The Balaban J connectivity index is 1.83. The maximum Gasteiger partial charge on any atom is 0.119 e. The summed E-state index contributed by atoms with van der Waals surface area (Å²) in [5.41, 5.74) is 1.05. The Morgan fingerprint density at radius 3 is 2.53 bits per heavy atom. The molecule has 0 heterocycles. The number of benzene rings is 1. The molecule has 0 saturated heterocycles. The molecular weight excluding hydrogens is 186 g/mol. The summed E-state index contributed by atoms with van der Waals surface area (Å²) in [6.07, 6.45) is 4.46. The lowest BCUT2D eigenvalue weighted by molar-refractivity contribution is 0.180. The van der Waals surface area contributed by atoms with Crippen molar-refractivity contribution in [2.24, 2.45) is 5.92 Å². The molecule has 15 heavy (non-hydrogen) atoms. The first-order valence-corrected chi connectivity index (χ1v) is 5.47.